The summed E-state index contributed by atoms with van der Waals surface area (Å²) in [7, 11) is 0. The van der Waals surface area contributed by atoms with Crippen LogP contribution in [0.2, 0.25) is 0 Å². The van der Waals surface area contributed by atoms with Crippen molar-refractivity contribution in [2.45, 2.75) is 6.18 Å². The van der Waals surface area contributed by atoms with Gasteiger partial charge in [0.2, 0.25) is 5.13 Å². The summed E-state index contributed by atoms with van der Waals surface area (Å²) in [5.41, 5.74) is 4.69. The Hall–Kier alpha value is -1.70. The van der Waals surface area contributed by atoms with Crippen molar-refractivity contribution < 1.29 is 13.2 Å². The molecule has 2 aromatic rings. The Kier molecular flexibility index (Phi) is 2.50. The number of nitrogens with zero attached hydrogens (tertiary/aromatic N) is 3. The maximum absolute atomic E-state index is 12.4. The molecule has 84 valence electrons. The second-order valence-electron chi connectivity index (χ2n) is 2.87. The van der Waals surface area contributed by atoms with Crippen LogP contribution in [0.5, 0.6) is 0 Å². The van der Waals surface area contributed by atoms with E-state index in [1.807, 2.05) is 0 Å². The first-order chi connectivity index (χ1) is 7.47. The second kappa shape index (κ2) is 3.71. The molecule has 2 heterocycles. The number of nitrogen functional groups attached to an aromatic ring is 1. The van der Waals surface area contributed by atoms with Gasteiger partial charge >= 0.3 is 6.18 Å². The Morgan fingerprint density at radius 2 is 2.00 bits per heavy atom. The van der Waals surface area contributed by atoms with E-state index in [1.54, 1.807) is 0 Å². The molecular weight excluding hydrogens is 241 g/mol. The van der Waals surface area contributed by atoms with Crippen LogP contribution in [-0.2, 0) is 6.18 Å². The summed E-state index contributed by atoms with van der Waals surface area (Å²) in [5, 5.41) is 7.73. The van der Waals surface area contributed by atoms with Crippen LogP contribution >= 0.6 is 11.3 Å². The fourth-order valence-corrected chi connectivity index (χ4v) is 1.68. The van der Waals surface area contributed by atoms with E-state index in [1.165, 1.54) is 6.07 Å². The molecule has 0 amide bonds. The number of rotatable bonds is 1. The third kappa shape index (κ3) is 2.11. The zero-order valence-electron chi connectivity index (χ0n) is 7.69. The highest BCUT2D eigenvalue weighted by Crippen LogP contribution is 2.31. The van der Waals surface area contributed by atoms with E-state index in [9.17, 15) is 13.2 Å². The highest BCUT2D eigenvalue weighted by molar-refractivity contribution is 7.18. The van der Waals surface area contributed by atoms with Gasteiger partial charge in [-0.2, -0.15) is 13.2 Å². The Bertz CT molecular complexity index is 508. The van der Waals surface area contributed by atoms with Crippen molar-refractivity contribution in [2.75, 3.05) is 5.73 Å². The molecule has 0 fully saturated rings. The average Bonchev–Trinajstić information content (AvgIpc) is 2.64. The van der Waals surface area contributed by atoms with Gasteiger partial charge in [0.1, 0.15) is 10.7 Å². The predicted octanol–water partition coefficient (Wildman–Crippen LogP) is 2.20. The number of aromatic nitrogens is 3. The van der Waals surface area contributed by atoms with E-state index in [0.717, 1.165) is 23.6 Å². The SMILES string of the molecule is Nc1nnc(-c2ccnc(C(F)(F)F)c2)s1. The van der Waals surface area contributed by atoms with Gasteiger partial charge in [-0.1, -0.05) is 11.3 Å². The van der Waals surface area contributed by atoms with Gasteiger partial charge in [-0.25, -0.2) is 0 Å². The molecular formula is C8H5F3N4S. The Balaban J connectivity index is 2.44. The van der Waals surface area contributed by atoms with Gasteiger partial charge in [-0.05, 0) is 12.1 Å². The number of pyridine rings is 1. The molecule has 0 saturated carbocycles. The number of halogens is 3. The molecule has 0 radical (unpaired) electrons. The topological polar surface area (TPSA) is 64.7 Å². The summed E-state index contributed by atoms with van der Waals surface area (Å²) >= 11 is 1.02. The summed E-state index contributed by atoms with van der Waals surface area (Å²) in [6.45, 7) is 0. The van der Waals surface area contributed by atoms with E-state index in [0.29, 0.717) is 10.6 Å². The predicted molar refractivity (Wildman–Crippen MR) is 52.6 cm³/mol. The number of hydrogen-bond acceptors (Lipinski definition) is 5. The van der Waals surface area contributed by atoms with Crippen LogP contribution in [0, 0.1) is 0 Å². The molecule has 0 unspecified atom stereocenters. The van der Waals surface area contributed by atoms with Crippen LogP contribution in [0.4, 0.5) is 18.3 Å². The molecule has 2 aromatic heterocycles. The molecule has 2 rings (SSSR count). The van der Waals surface area contributed by atoms with Crippen molar-refractivity contribution in [3.63, 3.8) is 0 Å². The van der Waals surface area contributed by atoms with Crippen LogP contribution in [0.15, 0.2) is 18.3 Å². The van der Waals surface area contributed by atoms with Gasteiger partial charge in [0.05, 0.1) is 0 Å². The first kappa shape index (κ1) is 10.8. The van der Waals surface area contributed by atoms with Crippen LogP contribution in [0.25, 0.3) is 10.6 Å². The van der Waals surface area contributed by atoms with Crippen LogP contribution in [0.3, 0.4) is 0 Å². The minimum Gasteiger partial charge on any atom is -0.374 e. The van der Waals surface area contributed by atoms with Gasteiger partial charge < -0.3 is 5.73 Å². The normalized spacial score (nSPS) is 11.7. The van der Waals surface area contributed by atoms with E-state index >= 15 is 0 Å². The summed E-state index contributed by atoms with van der Waals surface area (Å²) in [6, 6.07) is 2.34. The molecule has 2 N–H and O–H groups in total. The van der Waals surface area contributed by atoms with Crippen molar-refractivity contribution in [1.29, 1.82) is 0 Å². The molecule has 0 aromatic carbocycles. The molecule has 0 saturated heterocycles. The molecule has 0 aliphatic carbocycles. The Morgan fingerprint density at radius 1 is 1.25 bits per heavy atom. The van der Waals surface area contributed by atoms with E-state index < -0.39 is 11.9 Å². The first-order valence-electron chi connectivity index (χ1n) is 4.09. The minimum absolute atomic E-state index is 0.209. The maximum atomic E-state index is 12.4. The van der Waals surface area contributed by atoms with Crippen LogP contribution in [0.1, 0.15) is 5.69 Å². The molecule has 0 aliphatic heterocycles. The fourth-order valence-electron chi connectivity index (χ4n) is 1.07. The van der Waals surface area contributed by atoms with Crippen molar-refractivity contribution in [3.8, 4) is 10.6 Å². The monoisotopic (exact) mass is 246 g/mol. The number of alkyl halides is 3. The largest absolute Gasteiger partial charge is 0.433 e. The molecule has 8 heteroatoms. The average molecular weight is 246 g/mol. The summed E-state index contributed by atoms with van der Waals surface area (Å²) in [5.74, 6) is 0. The van der Waals surface area contributed by atoms with Gasteiger partial charge in [-0.15, -0.1) is 10.2 Å². The van der Waals surface area contributed by atoms with Gasteiger partial charge in [0.15, 0.2) is 0 Å². The van der Waals surface area contributed by atoms with E-state index in [4.69, 9.17) is 5.73 Å². The third-order valence-corrected chi connectivity index (χ3v) is 2.54. The minimum atomic E-state index is -4.47. The number of nitrogens with two attached hydrogens (primary N) is 1. The lowest BCUT2D eigenvalue weighted by molar-refractivity contribution is -0.141. The summed E-state index contributed by atoms with van der Waals surface area (Å²) < 4.78 is 37.1. The molecule has 0 aliphatic rings. The molecule has 0 bridgehead atoms. The number of hydrogen-bond donors (Lipinski definition) is 1. The smallest absolute Gasteiger partial charge is 0.374 e. The third-order valence-electron chi connectivity index (χ3n) is 1.74. The lowest BCUT2D eigenvalue weighted by Crippen LogP contribution is -2.07. The first-order valence-corrected chi connectivity index (χ1v) is 4.91. The van der Waals surface area contributed by atoms with E-state index in [2.05, 4.69) is 15.2 Å². The van der Waals surface area contributed by atoms with Crippen LogP contribution < -0.4 is 5.73 Å². The van der Waals surface area contributed by atoms with Crippen molar-refractivity contribution >= 4 is 16.5 Å². The second-order valence-corrected chi connectivity index (χ2v) is 3.88. The molecule has 4 nitrogen and oxygen atoms in total. The lowest BCUT2D eigenvalue weighted by atomic mass is 10.2. The Morgan fingerprint density at radius 3 is 2.56 bits per heavy atom. The zero-order chi connectivity index (χ0) is 11.8. The number of anilines is 1. The highest BCUT2D eigenvalue weighted by atomic mass is 32.1. The molecule has 16 heavy (non-hydrogen) atoms. The van der Waals surface area contributed by atoms with Crippen molar-refractivity contribution in [1.82, 2.24) is 15.2 Å². The van der Waals surface area contributed by atoms with Gasteiger partial charge in [0, 0.05) is 11.8 Å². The molecule has 0 spiro atoms. The van der Waals surface area contributed by atoms with Gasteiger partial charge in [-0.3, -0.25) is 4.98 Å². The maximum Gasteiger partial charge on any atom is 0.433 e. The summed E-state index contributed by atoms with van der Waals surface area (Å²) in [6.07, 6.45) is -3.39. The van der Waals surface area contributed by atoms with Crippen LogP contribution in [-0.4, -0.2) is 15.2 Å². The highest BCUT2D eigenvalue weighted by Gasteiger charge is 2.32. The van der Waals surface area contributed by atoms with Crippen molar-refractivity contribution in [2.24, 2.45) is 0 Å². The zero-order valence-corrected chi connectivity index (χ0v) is 8.51. The molecule has 0 atom stereocenters. The van der Waals surface area contributed by atoms with Crippen molar-refractivity contribution in [3.05, 3.63) is 24.0 Å². The standard InChI is InChI=1S/C8H5F3N4S/c9-8(10,11)5-3-4(1-2-13-5)6-14-15-7(12)16-6/h1-3H,(H2,12,15). The summed E-state index contributed by atoms with van der Waals surface area (Å²) in [4.78, 5) is 3.24. The quantitative estimate of drug-likeness (QED) is 0.837. The Labute approximate surface area is 92.0 Å². The fraction of sp³-hybridized carbons (Fsp3) is 0.125. The van der Waals surface area contributed by atoms with E-state index in [-0.39, 0.29) is 5.13 Å². The van der Waals surface area contributed by atoms with Gasteiger partial charge in [0.25, 0.3) is 0 Å². The lowest BCUT2D eigenvalue weighted by Gasteiger charge is -2.05.